The average molecular weight is 324 g/mol. The van der Waals surface area contributed by atoms with Crippen LogP contribution in [-0.2, 0) is 19.7 Å². The first kappa shape index (κ1) is 16.8. The smallest absolute Gasteiger partial charge is 0.305 e. The first-order valence-electron chi connectivity index (χ1n) is 7.70. The van der Waals surface area contributed by atoms with Gasteiger partial charge in [-0.25, -0.2) is 0 Å². The Labute approximate surface area is 136 Å². The van der Waals surface area contributed by atoms with Crippen LogP contribution < -0.4 is 5.32 Å². The summed E-state index contributed by atoms with van der Waals surface area (Å²) in [6.07, 6.45) is 4.76. The lowest BCUT2D eigenvalue weighted by molar-refractivity contribution is -0.140. The van der Waals surface area contributed by atoms with E-state index in [9.17, 15) is 9.59 Å². The number of carbonyl (C=O) groups is 2. The highest BCUT2D eigenvalue weighted by Gasteiger charge is 2.51. The van der Waals surface area contributed by atoms with E-state index in [-0.39, 0.29) is 17.3 Å². The molecule has 1 amide bonds. The van der Waals surface area contributed by atoms with Crippen molar-refractivity contribution in [1.29, 1.82) is 0 Å². The number of carbonyl (C=O) groups excluding carboxylic acids is 2. The molecule has 22 heavy (non-hydrogen) atoms. The van der Waals surface area contributed by atoms with Gasteiger partial charge in [-0.3, -0.25) is 9.59 Å². The van der Waals surface area contributed by atoms with Crippen LogP contribution in [0.15, 0.2) is 24.3 Å². The third-order valence-electron chi connectivity index (χ3n) is 4.13. The van der Waals surface area contributed by atoms with Crippen LogP contribution in [0.1, 0.15) is 44.1 Å². The van der Waals surface area contributed by atoms with Gasteiger partial charge in [-0.05, 0) is 43.4 Å². The minimum Gasteiger partial charge on any atom is -0.469 e. The molecule has 4 nitrogen and oxygen atoms in total. The minimum absolute atomic E-state index is 0.0859. The predicted molar refractivity (Wildman–Crippen MR) is 85.9 cm³/mol. The number of esters is 1. The van der Waals surface area contributed by atoms with Crippen LogP contribution >= 0.6 is 11.6 Å². The van der Waals surface area contributed by atoms with Crippen molar-refractivity contribution in [1.82, 2.24) is 5.32 Å². The zero-order valence-corrected chi connectivity index (χ0v) is 13.6. The molecule has 0 heterocycles. The number of benzene rings is 1. The number of ether oxygens (including phenoxy) is 1. The van der Waals surface area contributed by atoms with Crippen molar-refractivity contribution in [3.8, 4) is 0 Å². The van der Waals surface area contributed by atoms with Crippen molar-refractivity contribution in [2.24, 2.45) is 0 Å². The van der Waals surface area contributed by atoms with Crippen LogP contribution in [0.25, 0.3) is 0 Å². The van der Waals surface area contributed by atoms with Gasteiger partial charge in [0.05, 0.1) is 12.5 Å². The maximum atomic E-state index is 12.4. The van der Waals surface area contributed by atoms with Crippen LogP contribution in [0.4, 0.5) is 0 Å². The first-order valence-corrected chi connectivity index (χ1v) is 8.07. The van der Waals surface area contributed by atoms with Crippen molar-refractivity contribution in [3.05, 3.63) is 34.9 Å². The summed E-state index contributed by atoms with van der Waals surface area (Å²) < 4.78 is 4.59. The quantitative estimate of drug-likeness (QED) is 0.590. The second kappa shape index (κ2) is 7.63. The molecule has 120 valence electrons. The van der Waals surface area contributed by atoms with Crippen molar-refractivity contribution in [3.63, 3.8) is 0 Å². The Bertz CT molecular complexity index is 540. The van der Waals surface area contributed by atoms with Gasteiger partial charge in [0, 0.05) is 18.0 Å². The fourth-order valence-electron chi connectivity index (χ4n) is 2.60. The van der Waals surface area contributed by atoms with Gasteiger partial charge >= 0.3 is 5.97 Å². The van der Waals surface area contributed by atoms with Crippen LogP contribution in [0.2, 0.25) is 5.02 Å². The molecule has 0 aromatic heterocycles. The fourth-order valence-corrected chi connectivity index (χ4v) is 2.79. The average Bonchev–Trinajstić information content (AvgIpc) is 3.32. The fraction of sp³-hybridized carbons (Fsp3) is 0.529. The summed E-state index contributed by atoms with van der Waals surface area (Å²) in [6.45, 7) is 0.641. The molecule has 1 N–H and O–H groups in total. The van der Waals surface area contributed by atoms with Gasteiger partial charge in [0.25, 0.3) is 0 Å². The Morgan fingerprint density at radius 3 is 2.68 bits per heavy atom. The van der Waals surface area contributed by atoms with Gasteiger partial charge in [-0.15, -0.1) is 0 Å². The summed E-state index contributed by atoms with van der Waals surface area (Å²) >= 11 is 6.01. The van der Waals surface area contributed by atoms with Gasteiger partial charge < -0.3 is 10.1 Å². The van der Waals surface area contributed by atoms with E-state index in [1.54, 1.807) is 0 Å². The normalized spacial score (nSPS) is 15.2. The van der Waals surface area contributed by atoms with E-state index in [0.717, 1.165) is 37.7 Å². The van der Waals surface area contributed by atoms with Crippen LogP contribution in [0.5, 0.6) is 0 Å². The standard InChI is InChI=1S/C17H22ClNO3/c1-22-15(20)8-3-2-4-11-19-16(21)17(9-10-17)13-6-5-7-14(18)12-13/h5-7,12H,2-4,8-11H2,1H3,(H,19,21). The molecular weight excluding hydrogens is 302 g/mol. The Morgan fingerprint density at radius 1 is 1.27 bits per heavy atom. The molecule has 1 aliphatic carbocycles. The van der Waals surface area contributed by atoms with Gasteiger partial charge in [0.2, 0.25) is 5.91 Å². The largest absolute Gasteiger partial charge is 0.469 e. The van der Waals surface area contributed by atoms with E-state index in [0.29, 0.717) is 18.0 Å². The SMILES string of the molecule is COC(=O)CCCCCNC(=O)C1(c2cccc(Cl)c2)CC1. The zero-order chi connectivity index (χ0) is 16.0. The Hall–Kier alpha value is -1.55. The molecule has 1 aliphatic rings. The third kappa shape index (κ3) is 4.23. The minimum atomic E-state index is -0.378. The molecule has 0 spiro atoms. The van der Waals surface area contributed by atoms with Crippen molar-refractivity contribution < 1.29 is 14.3 Å². The summed E-state index contributed by atoms with van der Waals surface area (Å²) in [5.41, 5.74) is 0.625. The molecule has 0 unspecified atom stereocenters. The lowest BCUT2D eigenvalue weighted by atomic mass is 9.95. The highest BCUT2D eigenvalue weighted by atomic mass is 35.5. The summed E-state index contributed by atoms with van der Waals surface area (Å²) in [7, 11) is 1.40. The van der Waals surface area contributed by atoms with E-state index in [2.05, 4.69) is 10.1 Å². The number of nitrogens with one attached hydrogen (secondary N) is 1. The number of methoxy groups -OCH3 is 1. The lowest BCUT2D eigenvalue weighted by Gasteiger charge is -2.16. The first-order chi connectivity index (χ1) is 10.6. The highest BCUT2D eigenvalue weighted by Crippen LogP contribution is 2.48. The molecule has 5 heteroatoms. The molecule has 0 bridgehead atoms. The maximum Gasteiger partial charge on any atom is 0.305 e. The number of hydrogen-bond donors (Lipinski definition) is 1. The summed E-state index contributed by atoms with van der Waals surface area (Å²) in [5.74, 6) is -0.0929. The number of amides is 1. The molecule has 2 rings (SSSR count). The van der Waals surface area contributed by atoms with Crippen molar-refractivity contribution >= 4 is 23.5 Å². The summed E-state index contributed by atoms with van der Waals surface area (Å²) in [6, 6.07) is 7.55. The van der Waals surface area contributed by atoms with E-state index in [4.69, 9.17) is 11.6 Å². The number of hydrogen-bond acceptors (Lipinski definition) is 3. The Kier molecular flexibility index (Phi) is 5.83. The molecular formula is C17H22ClNO3. The molecule has 1 aromatic carbocycles. The molecule has 0 atom stereocenters. The Morgan fingerprint density at radius 2 is 2.05 bits per heavy atom. The molecule has 1 saturated carbocycles. The van der Waals surface area contributed by atoms with Gasteiger partial charge in [-0.1, -0.05) is 30.2 Å². The second-order valence-electron chi connectivity index (χ2n) is 5.74. The van der Waals surface area contributed by atoms with Gasteiger partial charge in [0.1, 0.15) is 0 Å². The van der Waals surface area contributed by atoms with Gasteiger partial charge in [-0.2, -0.15) is 0 Å². The van der Waals surface area contributed by atoms with Crippen LogP contribution in [0, 0.1) is 0 Å². The topological polar surface area (TPSA) is 55.4 Å². The van der Waals surface area contributed by atoms with Crippen LogP contribution in [0.3, 0.4) is 0 Å². The van der Waals surface area contributed by atoms with Crippen LogP contribution in [-0.4, -0.2) is 25.5 Å². The van der Waals surface area contributed by atoms with E-state index in [1.165, 1.54) is 7.11 Å². The molecule has 0 radical (unpaired) electrons. The Balaban J connectivity index is 1.73. The van der Waals surface area contributed by atoms with Crippen molar-refractivity contribution in [2.45, 2.75) is 43.9 Å². The highest BCUT2D eigenvalue weighted by molar-refractivity contribution is 6.30. The molecule has 0 aliphatic heterocycles. The molecule has 1 aromatic rings. The molecule has 1 fully saturated rings. The number of unbranched alkanes of at least 4 members (excludes halogenated alkanes) is 2. The second-order valence-corrected chi connectivity index (χ2v) is 6.17. The zero-order valence-electron chi connectivity index (χ0n) is 12.9. The van der Waals surface area contributed by atoms with E-state index in [1.807, 2.05) is 24.3 Å². The predicted octanol–water partition coefficient (Wildman–Crippen LogP) is 3.22. The van der Waals surface area contributed by atoms with Gasteiger partial charge in [0.15, 0.2) is 0 Å². The lowest BCUT2D eigenvalue weighted by Crippen LogP contribution is -2.35. The third-order valence-corrected chi connectivity index (χ3v) is 4.37. The summed E-state index contributed by atoms with van der Waals surface area (Å²) in [4.78, 5) is 23.4. The summed E-state index contributed by atoms with van der Waals surface area (Å²) in [5, 5.41) is 3.67. The maximum absolute atomic E-state index is 12.4. The van der Waals surface area contributed by atoms with Crippen molar-refractivity contribution in [2.75, 3.05) is 13.7 Å². The number of rotatable bonds is 8. The van der Waals surface area contributed by atoms with E-state index >= 15 is 0 Å². The molecule has 0 saturated heterocycles. The monoisotopic (exact) mass is 323 g/mol. The number of halogens is 1. The van der Waals surface area contributed by atoms with E-state index < -0.39 is 0 Å².